The second-order valence-electron chi connectivity index (χ2n) is 5.05. The molecule has 3 heteroatoms. The van der Waals surface area contributed by atoms with E-state index in [9.17, 15) is 0 Å². The smallest absolute Gasteiger partial charge is 0.119 e. The van der Waals surface area contributed by atoms with E-state index in [1.165, 1.54) is 25.1 Å². The van der Waals surface area contributed by atoms with E-state index in [0.717, 1.165) is 31.3 Å². The Morgan fingerprint density at radius 3 is 3.11 bits per heavy atom. The first-order valence-electron chi connectivity index (χ1n) is 6.87. The highest BCUT2D eigenvalue weighted by Crippen LogP contribution is 2.20. The van der Waals surface area contributed by atoms with Crippen molar-refractivity contribution in [3.8, 4) is 5.75 Å². The van der Waals surface area contributed by atoms with Gasteiger partial charge in [-0.15, -0.1) is 0 Å². The van der Waals surface area contributed by atoms with Crippen LogP contribution in [0.5, 0.6) is 5.75 Å². The Bertz CT molecular complexity index is 367. The molecule has 1 saturated heterocycles. The minimum absolute atomic E-state index is 0.815. The summed E-state index contributed by atoms with van der Waals surface area (Å²) in [4.78, 5) is 2.54. The summed E-state index contributed by atoms with van der Waals surface area (Å²) >= 11 is 0. The van der Waals surface area contributed by atoms with Crippen molar-refractivity contribution in [3.63, 3.8) is 0 Å². The maximum atomic E-state index is 5.27. The van der Waals surface area contributed by atoms with Crippen LogP contribution in [0.1, 0.15) is 18.9 Å². The molecule has 1 atom stereocenters. The van der Waals surface area contributed by atoms with Crippen LogP contribution in [0.3, 0.4) is 0 Å². The first kappa shape index (κ1) is 13.4. The Labute approximate surface area is 110 Å². The molecular weight excluding hydrogens is 224 g/mol. The molecule has 0 amide bonds. The van der Waals surface area contributed by atoms with Crippen LogP contribution in [0.15, 0.2) is 24.3 Å². The monoisotopic (exact) mass is 248 g/mol. The maximum Gasteiger partial charge on any atom is 0.119 e. The third kappa shape index (κ3) is 3.72. The number of methoxy groups -OCH3 is 1. The lowest BCUT2D eigenvalue weighted by Crippen LogP contribution is -2.26. The normalized spacial score (nSPS) is 20.2. The highest BCUT2D eigenvalue weighted by atomic mass is 16.5. The molecule has 1 heterocycles. The van der Waals surface area contributed by atoms with Crippen molar-refractivity contribution in [2.24, 2.45) is 5.92 Å². The molecule has 100 valence electrons. The number of nitrogens with zero attached hydrogens (tertiary/aromatic N) is 1. The molecule has 0 aliphatic carbocycles. The summed E-state index contributed by atoms with van der Waals surface area (Å²) in [6, 6.07) is 8.39. The van der Waals surface area contributed by atoms with Gasteiger partial charge in [-0.1, -0.05) is 19.1 Å². The molecule has 0 spiro atoms. The fourth-order valence-corrected chi connectivity index (χ4v) is 2.60. The van der Waals surface area contributed by atoms with Gasteiger partial charge in [0.05, 0.1) is 7.11 Å². The highest BCUT2D eigenvalue weighted by Gasteiger charge is 2.21. The number of rotatable bonds is 6. The first-order chi connectivity index (χ1) is 8.81. The third-order valence-corrected chi connectivity index (χ3v) is 3.59. The Balaban J connectivity index is 1.83. The number of hydrogen-bond acceptors (Lipinski definition) is 3. The van der Waals surface area contributed by atoms with E-state index in [2.05, 4.69) is 35.3 Å². The van der Waals surface area contributed by atoms with Gasteiger partial charge in [-0.2, -0.15) is 0 Å². The summed E-state index contributed by atoms with van der Waals surface area (Å²) in [6.45, 7) is 7.87. The van der Waals surface area contributed by atoms with Crippen molar-refractivity contribution in [1.82, 2.24) is 10.2 Å². The number of ether oxygens (including phenoxy) is 1. The Morgan fingerprint density at radius 2 is 2.33 bits per heavy atom. The van der Waals surface area contributed by atoms with Gasteiger partial charge in [0.2, 0.25) is 0 Å². The van der Waals surface area contributed by atoms with Gasteiger partial charge < -0.3 is 10.1 Å². The van der Waals surface area contributed by atoms with Crippen molar-refractivity contribution in [3.05, 3.63) is 29.8 Å². The van der Waals surface area contributed by atoms with E-state index in [1.54, 1.807) is 7.11 Å². The largest absolute Gasteiger partial charge is 0.497 e. The van der Waals surface area contributed by atoms with Gasteiger partial charge in [0, 0.05) is 13.1 Å². The average molecular weight is 248 g/mol. The molecule has 18 heavy (non-hydrogen) atoms. The molecule has 1 fully saturated rings. The van der Waals surface area contributed by atoms with Crippen molar-refractivity contribution < 1.29 is 4.74 Å². The Morgan fingerprint density at radius 1 is 1.44 bits per heavy atom. The summed E-state index contributed by atoms with van der Waals surface area (Å²) in [5, 5.41) is 3.45. The molecule has 3 nitrogen and oxygen atoms in total. The summed E-state index contributed by atoms with van der Waals surface area (Å²) in [7, 11) is 1.72. The Kier molecular flexibility index (Phi) is 5.02. The first-order valence-corrected chi connectivity index (χ1v) is 6.87. The van der Waals surface area contributed by atoms with Crippen molar-refractivity contribution >= 4 is 0 Å². The molecule has 1 unspecified atom stereocenters. The van der Waals surface area contributed by atoms with Gasteiger partial charge in [0.1, 0.15) is 5.75 Å². The van der Waals surface area contributed by atoms with Crippen molar-refractivity contribution in [2.75, 3.05) is 33.3 Å². The standard InChI is InChI=1S/C15H24N2O/c1-3-16-10-14-7-8-17(12-14)11-13-5-4-6-15(9-13)18-2/h4-6,9,14,16H,3,7-8,10-12H2,1-2H3. The summed E-state index contributed by atoms with van der Waals surface area (Å²) in [5.41, 5.74) is 1.35. The molecule has 1 aliphatic heterocycles. The predicted molar refractivity (Wildman–Crippen MR) is 74.9 cm³/mol. The second kappa shape index (κ2) is 6.76. The minimum atomic E-state index is 0.815. The lowest BCUT2D eigenvalue weighted by molar-refractivity contribution is 0.314. The molecule has 1 N–H and O–H groups in total. The zero-order valence-electron chi connectivity index (χ0n) is 11.5. The van der Waals surface area contributed by atoms with E-state index in [-0.39, 0.29) is 0 Å². The van der Waals surface area contributed by atoms with Crippen LogP contribution in [0.2, 0.25) is 0 Å². The van der Waals surface area contributed by atoms with Crippen LogP contribution in [0.4, 0.5) is 0 Å². The Hall–Kier alpha value is -1.06. The molecule has 0 aromatic heterocycles. The second-order valence-corrected chi connectivity index (χ2v) is 5.05. The topological polar surface area (TPSA) is 24.5 Å². The van der Waals surface area contributed by atoms with Crippen LogP contribution in [0, 0.1) is 5.92 Å². The third-order valence-electron chi connectivity index (χ3n) is 3.59. The number of hydrogen-bond donors (Lipinski definition) is 1. The van der Waals surface area contributed by atoms with E-state index in [1.807, 2.05) is 6.07 Å². The van der Waals surface area contributed by atoms with Gasteiger partial charge >= 0.3 is 0 Å². The fourth-order valence-electron chi connectivity index (χ4n) is 2.60. The van der Waals surface area contributed by atoms with Crippen molar-refractivity contribution in [2.45, 2.75) is 19.9 Å². The number of nitrogens with one attached hydrogen (secondary N) is 1. The summed E-state index contributed by atoms with van der Waals surface area (Å²) in [6.07, 6.45) is 1.32. The summed E-state index contributed by atoms with van der Waals surface area (Å²) < 4.78 is 5.27. The van der Waals surface area contributed by atoms with Crippen LogP contribution in [0.25, 0.3) is 0 Å². The lowest BCUT2D eigenvalue weighted by Gasteiger charge is -2.16. The lowest BCUT2D eigenvalue weighted by atomic mass is 10.1. The molecule has 1 aromatic carbocycles. The molecule has 1 aromatic rings. The minimum Gasteiger partial charge on any atom is -0.497 e. The molecule has 0 bridgehead atoms. The van der Waals surface area contributed by atoms with E-state index < -0.39 is 0 Å². The molecule has 0 radical (unpaired) electrons. The van der Waals surface area contributed by atoms with Crippen LogP contribution < -0.4 is 10.1 Å². The zero-order chi connectivity index (χ0) is 12.8. The van der Waals surface area contributed by atoms with Gasteiger partial charge in [0.25, 0.3) is 0 Å². The summed E-state index contributed by atoms with van der Waals surface area (Å²) in [5.74, 6) is 1.77. The quantitative estimate of drug-likeness (QED) is 0.834. The fraction of sp³-hybridized carbons (Fsp3) is 0.600. The van der Waals surface area contributed by atoms with E-state index in [0.29, 0.717) is 0 Å². The zero-order valence-corrected chi connectivity index (χ0v) is 11.5. The van der Waals surface area contributed by atoms with E-state index in [4.69, 9.17) is 4.74 Å². The van der Waals surface area contributed by atoms with E-state index >= 15 is 0 Å². The van der Waals surface area contributed by atoms with Gasteiger partial charge in [-0.25, -0.2) is 0 Å². The maximum absolute atomic E-state index is 5.27. The SMILES string of the molecule is CCNCC1CCN(Cc2cccc(OC)c2)C1. The van der Waals surface area contributed by atoms with Crippen LogP contribution in [-0.4, -0.2) is 38.2 Å². The van der Waals surface area contributed by atoms with Crippen LogP contribution in [-0.2, 0) is 6.54 Å². The highest BCUT2D eigenvalue weighted by molar-refractivity contribution is 5.28. The van der Waals surface area contributed by atoms with Gasteiger partial charge in [-0.05, 0) is 49.7 Å². The average Bonchev–Trinajstić information content (AvgIpc) is 2.84. The van der Waals surface area contributed by atoms with Crippen molar-refractivity contribution in [1.29, 1.82) is 0 Å². The van der Waals surface area contributed by atoms with Gasteiger partial charge in [-0.3, -0.25) is 4.90 Å². The number of likely N-dealkylation sites (tertiary alicyclic amines) is 1. The van der Waals surface area contributed by atoms with Crippen LogP contribution >= 0.6 is 0 Å². The molecule has 2 rings (SSSR count). The molecule has 0 saturated carbocycles. The van der Waals surface area contributed by atoms with Gasteiger partial charge in [0.15, 0.2) is 0 Å². The molecular formula is C15H24N2O. The molecule has 1 aliphatic rings. The predicted octanol–water partition coefficient (Wildman–Crippen LogP) is 2.13. The number of benzene rings is 1.